The summed E-state index contributed by atoms with van der Waals surface area (Å²) in [6.45, 7) is 2.10. The molecule has 4 heteroatoms. The molecule has 0 radical (unpaired) electrons. The number of fused-ring (bicyclic) bond motifs is 1. The number of thiophene rings is 1. The standard InChI is InChI=1S/C16H17N3S/c1-11-16(14-3-2-10-20-14)17-15-9-8-13(18-19(11)15)7-6-12-4-5-12/h2-3,8-10,12H,4-7H2,1H3. The minimum absolute atomic E-state index is 0.945. The Bertz CT molecular complexity index is 739. The Balaban J connectivity index is 1.71. The zero-order valence-electron chi connectivity index (χ0n) is 11.5. The molecule has 1 saturated carbocycles. The fourth-order valence-electron chi connectivity index (χ4n) is 2.62. The van der Waals surface area contributed by atoms with Crippen LogP contribution in [0.5, 0.6) is 0 Å². The second-order valence-corrected chi connectivity index (χ2v) is 6.55. The number of hydrogen-bond acceptors (Lipinski definition) is 3. The van der Waals surface area contributed by atoms with E-state index in [0.29, 0.717) is 0 Å². The van der Waals surface area contributed by atoms with Crippen molar-refractivity contribution in [2.24, 2.45) is 5.92 Å². The molecular weight excluding hydrogens is 266 g/mol. The maximum absolute atomic E-state index is 4.76. The molecule has 0 amide bonds. The zero-order chi connectivity index (χ0) is 13.5. The van der Waals surface area contributed by atoms with E-state index in [-0.39, 0.29) is 0 Å². The lowest BCUT2D eigenvalue weighted by molar-refractivity contribution is 0.695. The van der Waals surface area contributed by atoms with E-state index in [1.54, 1.807) is 11.3 Å². The van der Waals surface area contributed by atoms with Gasteiger partial charge in [-0.05, 0) is 49.3 Å². The summed E-state index contributed by atoms with van der Waals surface area (Å²) >= 11 is 1.73. The van der Waals surface area contributed by atoms with Gasteiger partial charge in [0.25, 0.3) is 0 Å². The number of rotatable bonds is 4. The van der Waals surface area contributed by atoms with Gasteiger partial charge in [0.05, 0.1) is 16.3 Å². The molecule has 0 aliphatic heterocycles. The van der Waals surface area contributed by atoms with Crippen molar-refractivity contribution in [1.82, 2.24) is 14.6 Å². The van der Waals surface area contributed by atoms with Crippen molar-refractivity contribution in [1.29, 1.82) is 0 Å². The Morgan fingerprint density at radius 1 is 1.30 bits per heavy atom. The van der Waals surface area contributed by atoms with Crippen LogP contribution in [0.25, 0.3) is 16.2 Å². The summed E-state index contributed by atoms with van der Waals surface area (Å²) < 4.78 is 2.00. The topological polar surface area (TPSA) is 30.2 Å². The van der Waals surface area contributed by atoms with E-state index in [4.69, 9.17) is 10.1 Å². The van der Waals surface area contributed by atoms with Gasteiger partial charge in [0.15, 0.2) is 5.65 Å². The molecule has 3 heterocycles. The van der Waals surface area contributed by atoms with Crippen LogP contribution in [0.1, 0.15) is 30.7 Å². The van der Waals surface area contributed by atoms with Crippen LogP contribution in [-0.4, -0.2) is 14.6 Å². The van der Waals surface area contributed by atoms with Crippen molar-refractivity contribution in [3.05, 3.63) is 41.0 Å². The predicted molar refractivity (Wildman–Crippen MR) is 82.1 cm³/mol. The zero-order valence-corrected chi connectivity index (χ0v) is 12.4. The second-order valence-electron chi connectivity index (χ2n) is 5.60. The maximum Gasteiger partial charge on any atom is 0.154 e. The summed E-state index contributed by atoms with van der Waals surface area (Å²) in [4.78, 5) is 5.93. The van der Waals surface area contributed by atoms with Crippen LogP contribution in [0.3, 0.4) is 0 Å². The van der Waals surface area contributed by atoms with Gasteiger partial charge in [0, 0.05) is 0 Å². The van der Waals surface area contributed by atoms with Gasteiger partial charge >= 0.3 is 0 Å². The molecule has 0 N–H and O–H groups in total. The van der Waals surface area contributed by atoms with Gasteiger partial charge in [-0.25, -0.2) is 9.50 Å². The van der Waals surface area contributed by atoms with E-state index in [1.807, 2.05) is 4.52 Å². The molecule has 0 aromatic carbocycles. The van der Waals surface area contributed by atoms with Crippen LogP contribution >= 0.6 is 11.3 Å². The van der Waals surface area contributed by atoms with Crippen LogP contribution in [0, 0.1) is 12.8 Å². The van der Waals surface area contributed by atoms with Crippen molar-refractivity contribution in [2.45, 2.75) is 32.6 Å². The lowest BCUT2D eigenvalue weighted by Crippen LogP contribution is -2.00. The average Bonchev–Trinajstić information content (AvgIpc) is 3.02. The van der Waals surface area contributed by atoms with Crippen molar-refractivity contribution in [3.8, 4) is 10.6 Å². The largest absolute Gasteiger partial charge is 0.226 e. The van der Waals surface area contributed by atoms with Gasteiger partial charge in [-0.15, -0.1) is 11.3 Å². The molecule has 4 rings (SSSR count). The molecule has 3 aromatic rings. The number of aromatic nitrogens is 3. The first-order valence-electron chi connectivity index (χ1n) is 7.20. The van der Waals surface area contributed by atoms with Crippen LogP contribution in [0.2, 0.25) is 0 Å². The van der Waals surface area contributed by atoms with Crippen LogP contribution < -0.4 is 0 Å². The molecule has 0 spiro atoms. The van der Waals surface area contributed by atoms with E-state index in [1.165, 1.54) is 29.8 Å². The van der Waals surface area contributed by atoms with Crippen LogP contribution in [0.15, 0.2) is 29.6 Å². The third-order valence-corrected chi connectivity index (χ3v) is 4.89. The third kappa shape index (κ3) is 2.14. The maximum atomic E-state index is 4.76. The van der Waals surface area contributed by atoms with E-state index >= 15 is 0 Å². The molecule has 0 bridgehead atoms. The predicted octanol–water partition coefficient (Wildman–Crippen LogP) is 4.11. The Morgan fingerprint density at radius 2 is 2.20 bits per heavy atom. The van der Waals surface area contributed by atoms with E-state index in [0.717, 1.165) is 29.4 Å². The lowest BCUT2D eigenvalue weighted by Gasteiger charge is -2.01. The first-order chi connectivity index (χ1) is 9.81. The third-order valence-electron chi connectivity index (χ3n) is 4.02. The summed E-state index contributed by atoms with van der Waals surface area (Å²) in [7, 11) is 0. The normalized spacial score (nSPS) is 15.1. The highest BCUT2D eigenvalue weighted by Crippen LogP contribution is 2.33. The summed E-state index contributed by atoms with van der Waals surface area (Å²) in [6.07, 6.45) is 5.19. The van der Waals surface area contributed by atoms with E-state index in [9.17, 15) is 0 Å². The summed E-state index contributed by atoms with van der Waals surface area (Å²) in [5, 5.41) is 6.85. The SMILES string of the molecule is Cc1c(-c2cccs2)nc2ccc(CCC3CC3)nn12. The molecule has 3 aromatic heterocycles. The smallest absolute Gasteiger partial charge is 0.154 e. The minimum atomic E-state index is 0.945. The number of imidazole rings is 1. The van der Waals surface area contributed by atoms with Gasteiger partial charge in [-0.2, -0.15) is 5.10 Å². The summed E-state index contributed by atoms with van der Waals surface area (Å²) in [5.41, 5.74) is 4.33. The number of hydrogen-bond donors (Lipinski definition) is 0. The summed E-state index contributed by atoms with van der Waals surface area (Å²) in [5.74, 6) is 0.957. The van der Waals surface area contributed by atoms with Crippen LogP contribution in [0.4, 0.5) is 0 Å². The van der Waals surface area contributed by atoms with Gasteiger partial charge in [-0.1, -0.05) is 18.9 Å². The first kappa shape index (κ1) is 12.1. The van der Waals surface area contributed by atoms with Gasteiger partial charge in [0.1, 0.15) is 5.69 Å². The molecule has 102 valence electrons. The van der Waals surface area contributed by atoms with E-state index in [2.05, 4.69) is 36.6 Å². The summed E-state index contributed by atoms with van der Waals surface area (Å²) in [6, 6.07) is 8.41. The van der Waals surface area contributed by atoms with Crippen LogP contribution in [-0.2, 0) is 6.42 Å². The fraction of sp³-hybridized carbons (Fsp3) is 0.375. The quantitative estimate of drug-likeness (QED) is 0.721. The van der Waals surface area contributed by atoms with Crippen molar-refractivity contribution in [2.75, 3.05) is 0 Å². The minimum Gasteiger partial charge on any atom is -0.226 e. The van der Waals surface area contributed by atoms with Crippen molar-refractivity contribution < 1.29 is 0 Å². The Hall–Kier alpha value is -1.68. The fourth-order valence-corrected chi connectivity index (χ4v) is 3.39. The van der Waals surface area contributed by atoms with Gasteiger partial charge in [0.2, 0.25) is 0 Å². The monoisotopic (exact) mass is 283 g/mol. The molecule has 0 unspecified atom stereocenters. The Labute approximate surface area is 122 Å². The molecule has 3 nitrogen and oxygen atoms in total. The van der Waals surface area contributed by atoms with Crippen molar-refractivity contribution >= 4 is 17.0 Å². The van der Waals surface area contributed by atoms with E-state index < -0.39 is 0 Å². The molecule has 20 heavy (non-hydrogen) atoms. The lowest BCUT2D eigenvalue weighted by atomic mass is 10.2. The number of nitrogens with zero attached hydrogens (tertiary/aromatic N) is 3. The molecule has 0 saturated heterocycles. The van der Waals surface area contributed by atoms with Gasteiger partial charge < -0.3 is 0 Å². The molecular formula is C16H17N3S. The second kappa shape index (κ2) is 4.70. The number of aryl methyl sites for hydroxylation is 2. The Kier molecular flexibility index (Phi) is 2.84. The highest BCUT2D eigenvalue weighted by molar-refractivity contribution is 7.13. The average molecular weight is 283 g/mol. The molecule has 1 aliphatic carbocycles. The highest BCUT2D eigenvalue weighted by Gasteiger charge is 2.21. The van der Waals surface area contributed by atoms with Crippen molar-refractivity contribution in [3.63, 3.8) is 0 Å². The van der Waals surface area contributed by atoms with Gasteiger partial charge in [-0.3, -0.25) is 0 Å². The molecule has 1 fully saturated rings. The Morgan fingerprint density at radius 3 is 2.95 bits per heavy atom. The first-order valence-corrected chi connectivity index (χ1v) is 8.08. The highest BCUT2D eigenvalue weighted by atomic mass is 32.1. The molecule has 0 atom stereocenters. The molecule has 1 aliphatic rings.